The third-order valence-electron chi connectivity index (χ3n) is 1.25. The molecule has 2 N–H and O–H groups in total. The SMILES string of the molecule is CC(C)(C)C(=O)O.CC(C)(C)C(=O)[O-].[CH2+]C(=O)O.[CH2+]C(=O)[O-].[CH3+].[CH3+].[HH].[HH]. The van der Waals surface area contributed by atoms with Crippen molar-refractivity contribution < 1.29 is 42.5 Å². The lowest BCUT2D eigenvalue weighted by Gasteiger charge is -2.18. The van der Waals surface area contributed by atoms with Crippen molar-refractivity contribution in [2.24, 2.45) is 10.8 Å². The molecule has 0 aromatic carbocycles. The average Bonchev–Trinajstić information content (AvgIpc) is 2.12. The minimum Gasteiger partial charge on any atom is -0.550 e. The summed E-state index contributed by atoms with van der Waals surface area (Å²) in [5.74, 6) is -4.18. The van der Waals surface area contributed by atoms with Crippen LogP contribution in [0.25, 0.3) is 0 Å². The Hall–Kier alpha value is -2.64. The monoisotopic (exact) mass is 354 g/mol. The number of hydrogen-bond acceptors (Lipinski definition) is 6. The molecule has 0 aliphatic heterocycles. The van der Waals surface area contributed by atoms with Crippen molar-refractivity contribution in [2.75, 3.05) is 0 Å². The molecule has 0 atom stereocenters. The van der Waals surface area contributed by atoms with E-state index in [1.54, 1.807) is 41.5 Å². The van der Waals surface area contributed by atoms with Gasteiger partial charge in [0.2, 0.25) is 5.97 Å². The molecule has 0 amide bonds. The first-order valence-electron chi connectivity index (χ1n) is 5.88. The number of rotatable bonds is 0. The first-order valence-corrected chi connectivity index (χ1v) is 5.88. The molecule has 0 aromatic heterocycles. The van der Waals surface area contributed by atoms with Crippen LogP contribution in [0.2, 0.25) is 0 Å². The highest BCUT2D eigenvalue weighted by atomic mass is 16.4. The lowest BCUT2D eigenvalue weighted by Crippen LogP contribution is -2.35. The average molecular weight is 354 g/mol. The zero-order chi connectivity index (χ0) is 19.3. The summed E-state index contributed by atoms with van der Waals surface area (Å²) >= 11 is 0. The summed E-state index contributed by atoms with van der Waals surface area (Å²) < 4.78 is 0. The third-order valence-corrected chi connectivity index (χ3v) is 1.25. The Balaban J connectivity index is -0.0000000271. The number of hydrogen-bond donors (Lipinski definition) is 2. The fraction of sp³-hybridized carbons (Fsp3) is 0.500. The molecule has 0 saturated heterocycles. The maximum absolute atomic E-state index is 10.0. The Morgan fingerprint density at radius 3 is 0.875 bits per heavy atom. The van der Waals surface area contributed by atoms with Crippen LogP contribution in [0, 0.1) is 39.5 Å². The maximum atomic E-state index is 10.0. The van der Waals surface area contributed by atoms with E-state index in [0.717, 1.165) is 0 Å². The summed E-state index contributed by atoms with van der Waals surface area (Å²) in [6.45, 7) is 14.8. The summed E-state index contributed by atoms with van der Waals surface area (Å²) in [6.07, 6.45) is 0. The Morgan fingerprint density at radius 2 is 0.875 bits per heavy atom. The first kappa shape index (κ1) is 37.5. The van der Waals surface area contributed by atoms with E-state index < -0.39 is 34.7 Å². The van der Waals surface area contributed by atoms with E-state index in [-0.39, 0.29) is 17.7 Å². The van der Waals surface area contributed by atoms with Gasteiger partial charge in [-0.3, -0.25) is 4.79 Å². The summed E-state index contributed by atoms with van der Waals surface area (Å²) in [4.78, 5) is 37.6. The quantitative estimate of drug-likeness (QED) is 0.604. The molecule has 24 heavy (non-hydrogen) atoms. The van der Waals surface area contributed by atoms with Gasteiger partial charge in [0, 0.05) is 29.1 Å². The van der Waals surface area contributed by atoms with Gasteiger partial charge < -0.3 is 30.0 Å². The highest BCUT2D eigenvalue weighted by Gasteiger charge is 2.18. The lowest BCUT2D eigenvalue weighted by atomic mass is 9.98. The van der Waals surface area contributed by atoms with E-state index >= 15 is 0 Å². The number of carboxylic acid groups (broad SMARTS) is 4. The number of carbonyl (C=O) groups is 4. The summed E-state index contributed by atoms with van der Waals surface area (Å²) in [5.41, 5.74) is -1.28. The Morgan fingerprint density at radius 1 is 0.792 bits per heavy atom. The van der Waals surface area contributed by atoms with Crippen LogP contribution in [-0.4, -0.2) is 34.1 Å². The zero-order valence-corrected chi connectivity index (χ0v) is 15.8. The van der Waals surface area contributed by atoms with Gasteiger partial charge in [-0.1, -0.05) is 20.8 Å². The van der Waals surface area contributed by atoms with E-state index in [0.29, 0.717) is 0 Å². The fourth-order valence-corrected chi connectivity index (χ4v) is 0. The second-order valence-electron chi connectivity index (χ2n) is 5.86. The summed E-state index contributed by atoms with van der Waals surface area (Å²) in [6, 6.07) is 0. The largest absolute Gasteiger partial charge is 0.550 e. The Kier molecular flexibility index (Phi) is 26.2. The molecular weight excluding hydrogens is 320 g/mol. The Bertz CT molecular complexity index is 325. The maximum Gasteiger partial charge on any atom is 0.490 e. The van der Waals surface area contributed by atoms with Crippen molar-refractivity contribution in [3.05, 3.63) is 28.7 Å². The van der Waals surface area contributed by atoms with Crippen LogP contribution in [-0.2, 0) is 19.2 Å². The highest BCUT2D eigenvalue weighted by Crippen LogP contribution is 2.11. The molecule has 0 saturated carbocycles. The predicted molar refractivity (Wildman–Crippen MR) is 92.0 cm³/mol. The van der Waals surface area contributed by atoms with E-state index in [1.165, 1.54) is 0 Å². The van der Waals surface area contributed by atoms with Crippen molar-refractivity contribution in [1.29, 1.82) is 0 Å². The Labute approximate surface area is 148 Å². The van der Waals surface area contributed by atoms with E-state index in [9.17, 15) is 14.7 Å². The van der Waals surface area contributed by atoms with Crippen molar-refractivity contribution in [3.63, 3.8) is 0 Å². The van der Waals surface area contributed by atoms with Crippen LogP contribution >= 0.6 is 0 Å². The van der Waals surface area contributed by atoms with Crippen molar-refractivity contribution in [3.8, 4) is 0 Å². The third kappa shape index (κ3) is 74.5. The lowest BCUT2D eigenvalue weighted by molar-refractivity contribution is -0.316. The molecule has 0 unspecified atom stereocenters. The van der Waals surface area contributed by atoms with Gasteiger partial charge >= 0.3 is 11.9 Å². The minimum absolute atomic E-state index is 0. The van der Waals surface area contributed by atoms with Gasteiger partial charge in [0.25, 0.3) is 0 Å². The molecule has 0 bridgehead atoms. The van der Waals surface area contributed by atoms with Gasteiger partial charge in [-0.25, -0.2) is 0 Å². The molecule has 0 aromatic rings. The molecule has 8 nitrogen and oxygen atoms in total. The molecule has 0 spiro atoms. The smallest absolute Gasteiger partial charge is 0.490 e. The normalized spacial score (nSPS) is 8.58. The van der Waals surface area contributed by atoms with E-state index in [1.807, 2.05) is 0 Å². The number of aliphatic carboxylic acids is 4. The molecule has 0 heterocycles. The predicted octanol–water partition coefficient (Wildman–Crippen LogP) is 0.768. The molecule has 0 radical (unpaired) electrons. The van der Waals surface area contributed by atoms with Crippen LogP contribution in [0.15, 0.2) is 0 Å². The number of carboxylic acids is 4. The van der Waals surface area contributed by atoms with Crippen molar-refractivity contribution in [2.45, 2.75) is 41.5 Å². The van der Waals surface area contributed by atoms with Crippen LogP contribution in [0.4, 0.5) is 0 Å². The van der Waals surface area contributed by atoms with Crippen LogP contribution in [0.5, 0.6) is 0 Å². The summed E-state index contributed by atoms with van der Waals surface area (Å²) in [5, 5.41) is 34.2. The van der Waals surface area contributed by atoms with Crippen LogP contribution < -0.4 is 10.2 Å². The molecule has 144 valence electrons. The molecule has 0 aliphatic rings. The van der Waals surface area contributed by atoms with Gasteiger partial charge in [0.15, 0.2) is 6.92 Å². The minimum atomic E-state index is -1.33. The van der Waals surface area contributed by atoms with Crippen molar-refractivity contribution >= 4 is 23.9 Å². The van der Waals surface area contributed by atoms with Crippen LogP contribution in [0.1, 0.15) is 44.4 Å². The van der Waals surface area contributed by atoms with Gasteiger partial charge in [0.05, 0.1) is 5.41 Å². The first-order chi connectivity index (χ1) is 9.35. The van der Waals surface area contributed by atoms with Crippen LogP contribution in [0.3, 0.4) is 0 Å². The number of carbonyl (C=O) groups excluding carboxylic acids is 2. The topological polar surface area (TPSA) is 155 Å². The molecule has 0 aliphatic carbocycles. The second kappa shape index (κ2) is 16.7. The van der Waals surface area contributed by atoms with Gasteiger partial charge in [-0.15, -0.1) is 0 Å². The highest BCUT2D eigenvalue weighted by molar-refractivity contribution is 5.73. The summed E-state index contributed by atoms with van der Waals surface area (Å²) in [7, 11) is 0. The molecule has 0 rings (SSSR count). The van der Waals surface area contributed by atoms with E-state index in [2.05, 4.69) is 13.8 Å². The fourth-order valence-electron chi connectivity index (χ4n) is 0. The second-order valence-corrected chi connectivity index (χ2v) is 5.86. The van der Waals surface area contributed by atoms with E-state index in [4.69, 9.17) is 24.9 Å². The van der Waals surface area contributed by atoms with Gasteiger partial charge in [-0.05, 0) is 20.8 Å². The van der Waals surface area contributed by atoms with Gasteiger partial charge in [-0.2, -0.15) is 4.79 Å². The molecule has 0 fully saturated rings. The molecular formula is C16H34O8+2. The van der Waals surface area contributed by atoms with Crippen molar-refractivity contribution in [1.82, 2.24) is 0 Å². The standard InChI is InChI=1S/2C5H10O2.2C2H2O2.2CH3.2H2/c2*1-5(2,3)4(6)7;2*1-2(3)4;;;;/h2*1-3H3,(H,6,7);2*1H2;2*1H3;2*1H/q;;;;2*+1;;. The zero-order valence-electron chi connectivity index (χ0n) is 15.8. The molecule has 8 heteroatoms. The van der Waals surface area contributed by atoms with Gasteiger partial charge in [0.1, 0.15) is 6.92 Å².